The number of imidazole rings is 1. The molecule has 0 saturated carbocycles. The maximum Gasteiger partial charge on any atom is 0.138 e. The van der Waals surface area contributed by atoms with Crippen molar-refractivity contribution in [2.45, 2.75) is 46.0 Å². The minimum absolute atomic E-state index is 0.651. The number of halogens is 1. The summed E-state index contributed by atoms with van der Waals surface area (Å²) >= 11 is 6.74. The predicted octanol–water partition coefficient (Wildman–Crippen LogP) is 5.44. The van der Waals surface area contributed by atoms with Gasteiger partial charge in [0.2, 0.25) is 0 Å². The molecule has 23 heavy (non-hydrogen) atoms. The third-order valence-electron chi connectivity index (χ3n) is 4.46. The van der Waals surface area contributed by atoms with Gasteiger partial charge in [-0.15, -0.1) is 0 Å². The summed E-state index contributed by atoms with van der Waals surface area (Å²) in [4.78, 5) is 4.61. The van der Waals surface area contributed by atoms with Crippen molar-refractivity contribution in [2.24, 2.45) is 0 Å². The molecular formula is C19H20ClN3. The van der Waals surface area contributed by atoms with Crippen molar-refractivity contribution in [1.82, 2.24) is 9.38 Å². The van der Waals surface area contributed by atoms with E-state index in [1.54, 1.807) is 0 Å². The summed E-state index contributed by atoms with van der Waals surface area (Å²) in [5, 5.41) is 10.4. The number of hydrogen-bond donors (Lipinski definition) is 0. The minimum atomic E-state index is 0.651. The van der Waals surface area contributed by atoms with Gasteiger partial charge in [0.15, 0.2) is 0 Å². The minimum Gasteiger partial charge on any atom is -0.298 e. The SMILES string of the molecule is CCCCCCc1c(C)c(C#N)c2nc3ccccn3c2c1Cl. The van der Waals surface area contributed by atoms with Crippen molar-refractivity contribution in [2.75, 3.05) is 0 Å². The Bertz CT molecular complexity index is 902. The van der Waals surface area contributed by atoms with Gasteiger partial charge in [-0.05, 0) is 43.0 Å². The maximum atomic E-state index is 9.62. The molecule has 4 heteroatoms. The fraction of sp³-hybridized carbons (Fsp3) is 0.368. The first-order valence-electron chi connectivity index (χ1n) is 8.16. The van der Waals surface area contributed by atoms with Crippen LogP contribution in [0.1, 0.15) is 49.3 Å². The van der Waals surface area contributed by atoms with E-state index in [4.69, 9.17) is 11.6 Å². The lowest BCUT2D eigenvalue weighted by Crippen LogP contribution is -1.98. The lowest BCUT2D eigenvalue weighted by atomic mass is 9.96. The summed E-state index contributed by atoms with van der Waals surface area (Å²) in [6.07, 6.45) is 7.60. The summed E-state index contributed by atoms with van der Waals surface area (Å²) in [6.45, 7) is 4.19. The van der Waals surface area contributed by atoms with Crippen LogP contribution in [-0.4, -0.2) is 9.38 Å². The van der Waals surface area contributed by atoms with Gasteiger partial charge in [-0.2, -0.15) is 5.26 Å². The van der Waals surface area contributed by atoms with Crippen LogP contribution in [0, 0.1) is 18.3 Å². The molecule has 0 atom stereocenters. The van der Waals surface area contributed by atoms with Crippen LogP contribution in [0.3, 0.4) is 0 Å². The first kappa shape index (κ1) is 15.8. The summed E-state index contributed by atoms with van der Waals surface area (Å²) in [5.41, 5.74) is 5.11. The summed E-state index contributed by atoms with van der Waals surface area (Å²) in [7, 11) is 0. The lowest BCUT2D eigenvalue weighted by molar-refractivity contribution is 0.666. The Morgan fingerprint density at radius 2 is 2.09 bits per heavy atom. The molecule has 0 N–H and O–H groups in total. The molecule has 0 amide bonds. The Balaban J connectivity index is 2.20. The third kappa shape index (κ3) is 2.68. The normalized spacial score (nSPS) is 11.2. The fourth-order valence-corrected chi connectivity index (χ4v) is 3.60. The lowest BCUT2D eigenvalue weighted by Gasteiger charge is -2.12. The summed E-state index contributed by atoms with van der Waals surface area (Å²) in [5.74, 6) is 0. The Morgan fingerprint density at radius 3 is 2.83 bits per heavy atom. The van der Waals surface area contributed by atoms with Crippen LogP contribution >= 0.6 is 11.6 Å². The average molecular weight is 326 g/mol. The highest BCUT2D eigenvalue weighted by Crippen LogP contribution is 2.35. The van der Waals surface area contributed by atoms with Crippen molar-refractivity contribution in [3.05, 3.63) is 46.1 Å². The Labute approximate surface area is 141 Å². The van der Waals surface area contributed by atoms with Crippen LogP contribution < -0.4 is 0 Å². The van der Waals surface area contributed by atoms with Crippen LogP contribution in [0.15, 0.2) is 24.4 Å². The molecule has 118 valence electrons. The topological polar surface area (TPSA) is 41.1 Å². The van der Waals surface area contributed by atoms with Crippen LogP contribution in [0.2, 0.25) is 5.02 Å². The smallest absolute Gasteiger partial charge is 0.138 e. The molecule has 0 saturated heterocycles. The van der Waals surface area contributed by atoms with Crippen molar-refractivity contribution >= 4 is 28.3 Å². The zero-order chi connectivity index (χ0) is 16.4. The van der Waals surface area contributed by atoms with E-state index in [0.29, 0.717) is 11.1 Å². The van der Waals surface area contributed by atoms with Gasteiger partial charge in [-0.25, -0.2) is 4.98 Å². The first-order valence-corrected chi connectivity index (χ1v) is 8.54. The Morgan fingerprint density at radius 1 is 1.26 bits per heavy atom. The molecular weight excluding hydrogens is 306 g/mol. The van der Waals surface area contributed by atoms with E-state index in [-0.39, 0.29) is 0 Å². The van der Waals surface area contributed by atoms with Gasteiger partial charge in [-0.1, -0.05) is 43.9 Å². The molecule has 0 aliphatic rings. The van der Waals surface area contributed by atoms with Crippen LogP contribution in [0.4, 0.5) is 0 Å². The van der Waals surface area contributed by atoms with Crippen LogP contribution in [-0.2, 0) is 6.42 Å². The summed E-state index contributed by atoms with van der Waals surface area (Å²) < 4.78 is 1.98. The molecule has 0 aliphatic heterocycles. The van der Waals surface area contributed by atoms with Crippen molar-refractivity contribution in [1.29, 1.82) is 5.26 Å². The van der Waals surface area contributed by atoms with E-state index in [1.807, 2.05) is 35.7 Å². The third-order valence-corrected chi connectivity index (χ3v) is 4.87. The highest BCUT2D eigenvalue weighted by molar-refractivity contribution is 6.36. The molecule has 0 aliphatic carbocycles. The number of benzene rings is 1. The Kier molecular flexibility index (Phi) is 4.54. The zero-order valence-corrected chi connectivity index (χ0v) is 14.3. The number of rotatable bonds is 5. The highest BCUT2D eigenvalue weighted by atomic mass is 35.5. The molecule has 0 unspecified atom stereocenters. The van der Waals surface area contributed by atoms with E-state index in [1.165, 1.54) is 19.3 Å². The second kappa shape index (κ2) is 6.60. The van der Waals surface area contributed by atoms with E-state index in [9.17, 15) is 5.26 Å². The van der Waals surface area contributed by atoms with E-state index < -0.39 is 0 Å². The quantitative estimate of drug-likeness (QED) is 0.586. The Hall–Kier alpha value is -2.05. The second-order valence-corrected chi connectivity index (χ2v) is 6.33. The van der Waals surface area contributed by atoms with E-state index in [0.717, 1.165) is 40.2 Å². The van der Waals surface area contributed by atoms with Crippen LogP contribution in [0.5, 0.6) is 0 Å². The van der Waals surface area contributed by atoms with Gasteiger partial charge in [0.25, 0.3) is 0 Å². The summed E-state index contributed by atoms with van der Waals surface area (Å²) in [6, 6.07) is 8.17. The van der Waals surface area contributed by atoms with Gasteiger partial charge < -0.3 is 0 Å². The van der Waals surface area contributed by atoms with E-state index >= 15 is 0 Å². The number of hydrogen-bond acceptors (Lipinski definition) is 2. The number of unbranched alkanes of at least 4 members (excludes halogenated alkanes) is 3. The monoisotopic (exact) mass is 325 g/mol. The molecule has 3 aromatic rings. The van der Waals surface area contributed by atoms with E-state index in [2.05, 4.69) is 18.0 Å². The molecule has 3 nitrogen and oxygen atoms in total. The largest absolute Gasteiger partial charge is 0.298 e. The fourth-order valence-electron chi connectivity index (χ4n) is 3.18. The molecule has 0 bridgehead atoms. The van der Waals surface area contributed by atoms with Crippen molar-refractivity contribution < 1.29 is 0 Å². The maximum absolute atomic E-state index is 9.62. The van der Waals surface area contributed by atoms with Crippen molar-refractivity contribution in [3.8, 4) is 6.07 Å². The zero-order valence-electron chi connectivity index (χ0n) is 13.6. The molecule has 2 heterocycles. The van der Waals surface area contributed by atoms with Gasteiger partial charge in [0.1, 0.15) is 17.2 Å². The molecule has 0 radical (unpaired) electrons. The predicted molar refractivity (Wildman–Crippen MR) is 95.0 cm³/mol. The van der Waals surface area contributed by atoms with Gasteiger partial charge in [-0.3, -0.25) is 4.40 Å². The number of fused-ring (bicyclic) bond motifs is 3. The number of pyridine rings is 1. The van der Waals surface area contributed by atoms with Gasteiger partial charge in [0, 0.05) is 6.20 Å². The molecule has 1 aromatic carbocycles. The second-order valence-electron chi connectivity index (χ2n) is 5.95. The average Bonchev–Trinajstić information content (AvgIpc) is 2.94. The number of aromatic nitrogens is 2. The molecule has 0 spiro atoms. The van der Waals surface area contributed by atoms with Gasteiger partial charge >= 0.3 is 0 Å². The molecule has 2 aromatic heterocycles. The molecule has 0 fully saturated rings. The van der Waals surface area contributed by atoms with Crippen molar-refractivity contribution in [3.63, 3.8) is 0 Å². The first-order chi connectivity index (χ1) is 11.2. The standard InChI is InChI=1S/C19H20ClN3/c1-3-4-5-6-9-14-13(2)15(12-21)18-19(17(14)20)23-11-8-7-10-16(23)22-18/h7-8,10-11H,3-6,9H2,1-2H3. The number of nitrogens with zero attached hydrogens (tertiary/aromatic N) is 3. The van der Waals surface area contributed by atoms with Gasteiger partial charge in [0.05, 0.1) is 16.1 Å². The number of nitriles is 1. The molecule has 3 rings (SSSR count). The highest BCUT2D eigenvalue weighted by Gasteiger charge is 2.19. The van der Waals surface area contributed by atoms with Crippen LogP contribution in [0.25, 0.3) is 16.7 Å².